The lowest BCUT2D eigenvalue weighted by Crippen LogP contribution is -2.30. The van der Waals surface area contributed by atoms with E-state index in [9.17, 15) is 9.18 Å². The van der Waals surface area contributed by atoms with E-state index < -0.39 is 5.82 Å². The highest BCUT2D eigenvalue weighted by Crippen LogP contribution is 2.26. The second-order valence-corrected chi connectivity index (χ2v) is 7.64. The first kappa shape index (κ1) is 19.8. The van der Waals surface area contributed by atoms with Crippen LogP contribution in [0.1, 0.15) is 20.9 Å². The van der Waals surface area contributed by atoms with Crippen LogP contribution in [-0.2, 0) is 13.1 Å². The highest BCUT2D eigenvalue weighted by Gasteiger charge is 2.23. The molecule has 0 unspecified atom stereocenters. The van der Waals surface area contributed by atoms with Gasteiger partial charge in [-0.2, -0.15) is 0 Å². The number of methoxy groups -OCH3 is 1. The van der Waals surface area contributed by atoms with Crippen molar-refractivity contribution in [1.82, 2.24) is 10.1 Å². The quantitative estimate of drug-likeness (QED) is 0.401. The normalized spacial score (nSPS) is 10.7. The smallest absolute Gasteiger partial charge is 0.276 e. The first-order chi connectivity index (χ1) is 14.7. The average Bonchev–Trinajstić information content (AvgIpc) is 3.46. The lowest BCUT2D eigenvalue weighted by atomic mass is 10.1. The molecule has 0 spiro atoms. The van der Waals surface area contributed by atoms with Crippen LogP contribution in [0.2, 0.25) is 0 Å². The summed E-state index contributed by atoms with van der Waals surface area (Å²) in [5, 5.41) is 5.87. The maximum atomic E-state index is 14.1. The minimum atomic E-state index is -0.433. The fraction of sp³-hybridized carbons (Fsp3) is 0.130. The van der Waals surface area contributed by atoms with E-state index in [-0.39, 0.29) is 22.9 Å². The predicted molar refractivity (Wildman–Crippen MR) is 113 cm³/mol. The number of thiophene rings is 1. The molecular formula is C23H19FN2O3S. The molecule has 0 saturated heterocycles. The molecule has 4 aromatic rings. The van der Waals surface area contributed by atoms with Crippen molar-refractivity contribution in [2.24, 2.45) is 0 Å². The number of halogens is 1. The molecule has 0 aliphatic carbocycles. The summed E-state index contributed by atoms with van der Waals surface area (Å²) in [6.45, 7) is 0.749. The molecule has 0 N–H and O–H groups in total. The predicted octanol–water partition coefficient (Wildman–Crippen LogP) is 5.39. The molecule has 152 valence electrons. The molecule has 0 bridgehead atoms. The maximum Gasteiger partial charge on any atom is 0.276 e. The van der Waals surface area contributed by atoms with E-state index in [2.05, 4.69) is 5.16 Å². The second-order valence-electron chi connectivity index (χ2n) is 6.61. The first-order valence-electron chi connectivity index (χ1n) is 9.31. The molecule has 0 aliphatic rings. The summed E-state index contributed by atoms with van der Waals surface area (Å²) in [7, 11) is 1.60. The summed E-state index contributed by atoms with van der Waals surface area (Å²) in [6.07, 6.45) is 0. The van der Waals surface area contributed by atoms with E-state index in [1.54, 1.807) is 41.5 Å². The maximum absolute atomic E-state index is 14.1. The van der Waals surface area contributed by atoms with Crippen LogP contribution in [0.4, 0.5) is 4.39 Å². The molecule has 0 saturated carbocycles. The number of aromatic nitrogens is 1. The largest absolute Gasteiger partial charge is 0.496 e. The van der Waals surface area contributed by atoms with Crippen molar-refractivity contribution in [3.63, 3.8) is 0 Å². The number of carbonyl (C=O) groups excluding carboxylic acids is 1. The Morgan fingerprint density at radius 2 is 1.90 bits per heavy atom. The van der Waals surface area contributed by atoms with Crippen LogP contribution in [0, 0.1) is 5.82 Å². The van der Waals surface area contributed by atoms with Crippen LogP contribution >= 0.6 is 11.3 Å². The van der Waals surface area contributed by atoms with Crippen molar-refractivity contribution in [2.75, 3.05) is 7.11 Å². The number of carbonyl (C=O) groups is 1. The molecule has 1 amide bonds. The van der Waals surface area contributed by atoms with E-state index in [1.165, 1.54) is 12.1 Å². The molecule has 30 heavy (non-hydrogen) atoms. The molecule has 5 nitrogen and oxygen atoms in total. The van der Waals surface area contributed by atoms with Gasteiger partial charge in [-0.15, -0.1) is 11.3 Å². The zero-order chi connectivity index (χ0) is 20.9. The van der Waals surface area contributed by atoms with Gasteiger partial charge in [-0.3, -0.25) is 4.79 Å². The van der Waals surface area contributed by atoms with E-state index in [0.717, 1.165) is 10.4 Å². The Labute approximate surface area is 177 Å². The number of benzene rings is 2. The third-order valence-electron chi connectivity index (χ3n) is 4.64. The zero-order valence-corrected chi connectivity index (χ0v) is 17.1. The van der Waals surface area contributed by atoms with Gasteiger partial charge in [0, 0.05) is 16.5 Å². The van der Waals surface area contributed by atoms with E-state index in [0.29, 0.717) is 18.8 Å². The monoisotopic (exact) mass is 422 g/mol. The summed E-state index contributed by atoms with van der Waals surface area (Å²) >= 11 is 1.57. The summed E-state index contributed by atoms with van der Waals surface area (Å²) in [5.74, 6) is 0.177. The Balaban J connectivity index is 1.63. The number of hydrogen-bond donors (Lipinski definition) is 0. The number of amides is 1. The first-order valence-corrected chi connectivity index (χ1v) is 10.2. The molecule has 4 rings (SSSR count). The molecular weight excluding hydrogens is 403 g/mol. The highest BCUT2D eigenvalue weighted by molar-refractivity contribution is 7.09. The average molecular weight is 422 g/mol. The Kier molecular flexibility index (Phi) is 5.90. The molecule has 2 heterocycles. The summed E-state index contributed by atoms with van der Waals surface area (Å²) < 4.78 is 24.8. The summed E-state index contributed by atoms with van der Waals surface area (Å²) in [5.41, 5.74) is 1.26. The third-order valence-corrected chi connectivity index (χ3v) is 5.50. The number of hydrogen-bond acceptors (Lipinski definition) is 5. The van der Waals surface area contributed by atoms with Crippen LogP contribution in [0.15, 0.2) is 76.6 Å². The van der Waals surface area contributed by atoms with Crippen molar-refractivity contribution >= 4 is 17.2 Å². The Hall–Kier alpha value is -3.45. The van der Waals surface area contributed by atoms with Crippen molar-refractivity contribution in [3.8, 4) is 17.1 Å². The van der Waals surface area contributed by atoms with Crippen molar-refractivity contribution in [2.45, 2.75) is 13.1 Å². The summed E-state index contributed by atoms with van der Waals surface area (Å²) in [6, 6.07) is 19.2. The van der Waals surface area contributed by atoms with Crippen LogP contribution in [0.25, 0.3) is 11.3 Å². The van der Waals surface area contributed by atoms with Gasteiger partial charge in [0.2, 0.25) is 0 Å². The molecule has 0 atom stereocenters. The van der Waals surface area contributed by atoms with Crippen LogP contribution in [0.3, 0.4) is 0 Å². The van der Waals surface area contributed by atoms with Gasteiger partial charge in [-0.25, -0.2) is 4.39 Å². The number of ether oxygens (including phenoxy) is 1. The van der Waals surface area contributed by atoms with E-state index >= 15 is 0 Å². The van der Waals surface area contributed by atoms with Crippen molar-refractivity contribution in [3.05, 3.63) is 94.1 Å². The SMILES string of the molecule is COc1ccccc1CN(Cc1cccs1)C(=O)c1cc(-c2ccccc2F)on1. The van der Waals surface area contributed by atoms with Gasteiger partial charge in [0.25, 0.3) is 5.91 Å². The Morgan fingerprint density at radius 1 is 1.10 bits per heavy atom. The lowest BCUT2D eigenvalue weighted by Gasteiger charge is -2.22. The van der Waals surface area contributed by atoms with Crippen molar-refractivity contribution < 1.29 is 18.4 Å². The number of rotatable bonds is 7. The molecule has 0 aliphatic heterocycles. The molecule has 2 aromatic carbocycles. The van der Waals surface area contributed by atoms with Gasteiger partial charge in [-0.1, -0.05) is 41.6 Å². The lowest BCUT2D eigenvalue weighted by molar-refractivity contribution is 0.0720. The molecule has 7 heteroatoms. The Morgan fingerprint density at radius 3 is 2.67 bits per heavy atom. The van der Waals surface area contributed by atoms with Gasteiger partial charge < -0.3 is 14.2 Å². The number of para-hydroxylation sites is 1. The molecule has 0 radical (unpaired) electrons. The van der Waals surface area contributed by atoms with Gasteiger partial charge in [0.05, 0.1) is 25.8 Å². The van der Waals surface area contributed by atoms with Gasteiger partial charge in [0.1, 0.15) is 11.6 Å². The van der Waals surface area contributed by atoms with Crippen molar-refractivity contribution in [1.29, 1.82) is 0 Å². The summed E-state index contributed by atoms with van der Waals surface area (Å²) in [4.78, 5) is 16.0. The standard InChI is InChI=1S/C23H19FN2O3S/c1-28-21-11-5-2-7-16(21)14-26(15-17-8-6-12-30-17)23(27)20-13-22(29-25-20)18-9-3-4-10-19(18)24/h2-13H,14-15H2,1H3. The fourth-order valence-corrected chi connectivity index (χ4v) is 3.87. The van der Waals surface area contributed by atoms with Gasteiger partial charge in [0.15, 0.2) is 11.5 Å². The van der Waals surface area contributed by atoms with E-state index in [4.69, 9.17) is 9.26 Å². The van der Waals surface area contributed by atoms with Gasteiger partial charge in [-0.05, 0) is 29.6 Å². The van der Waals surface area contributed by atoms with Crippen LogP contribution in [0.5, 0.6) is 5.75 Å². The Bertz CT molecular complexity index is 1140. The van der Waals surface area contributed by atoms with Gasteiger partial charge >= 0.3 is 0 Å². The molecule has 2 aromatic heterocycles. The fourth-order valence-electron chi connectivity index (χ4n) is 3.16. The topological polar surface area (TPSA) is 55.6 Å². The number of nitrogens with zero attached hydrogens (tertiary/aromatic N) is 2. The minimum absolute atomic E-state index is 0.125. The van der Waals surface area contributed by atoms with Crippen LogP contribution in [-0.4, -0.2) is 23.1 Å². The minimum Gasteiger partial charge on any atom is -0.496 e. The molecule has 0 fully saturated rings. The highest BCUT2D eigenvalue weighted by atomic mass is 32.1. The second kappa shape index (κ2) is 8.92. The van der Waals surface area contributed by atoms with Crippen LogP contribution < -0.4 is 4.74 Å². The zero-order valence-electron chi connectivity index (χ0n) is 16.2. The van der Waals surface area contributed by atoms with E-state index in [1.807, 2.05) is 41.8 Å². The third kappa shape index (κ3) is 4.26.